The monoisotopic (exact) mass is 296 g/mol. The summed E-state index contributed by atoms with van der Waals surface area (Å²) in [5.41, 5.74) is 6.41. The molecule has 0 aromatic heterocycles. The van der Waals surface area contributed by atoms with Gasteiger partial charge in [0.05, 0.1) is 0 Å². The van der Waals surface area contributed by atoms with Gasteiger partial charge in [-0.05, 0) is 68.2 Å². The Bertz CT molecular complexity index is 460. The van der Waals surface area contributed by atoms with Gasteiger partial charge in [0.2, 0.25) is 0 Å². The van der Waals surface area contributed by atoms with Crippen LogP contribution in [0.4, 0.5) is 4.39 Å². The highest BCUT2D eigenvalue weighted by Crippen LogP contribution is 2.49. The highest BCUT2D eigenvalue weighted by atomic mass is 35.5. The molecule has 1 atom stereocenters. The summed E-state index contributed by atoms with van der Waals surface area (Å²) in [6.07, 6.45) is 5.45. The molecule has 0 radical (unpaired) electrons. The molecular weight excluding hydrogens is 275 g/mol. The summed E-state index contributed by atoms with van der Waals surface area (Å²) < 4.78 is 13.9. The molecule has 1 unspecified atom stereocenters. The van der Waals surface area contributed by atoms with E-state index in [-0.39, 0.29) is 11.9 Å². The maximum absolute atomic E-state index is 13.9. The number of nitrogens with two attached hydrogens (primary N) is 1. The third-order valence-corrected chi connectivity index (χ3v) is 4.86. The van der Waals surface area contributed by atoms with Crippen molar-refractivity contribution in [3.05, 3.63) is 34.6 Å². The average molecular weight is 297 g/mol. The number of nitrogens with one attached hydrogen (secondary N) is 1. The Morgan fingerprint density at radius 3 is 2.45 bits per heavy atom. The second-order valence-corrected chi connectivity index (χ2v) is 6.64. The lowest BCUT2D eigenvalue weighted by Crippen LogP contribution is -2.34. The van der Waals surface area contributed by atoms with E-state index in [9.17, 15) is 4.39 Å². The lowest BCUT2D eigenvalue weighted by Gasteiger charge is -2.23. The molecule has 110 valence electrons. The topological polar surface area (TPSA) is 38.0 Å². The molecule has 20 heavy (non-hydrogen) atoms. The number of halogens is 2. The Balaban J connectivity index is 1.65. The van der Waals surface area contributed by atoms with E-state index in [4.69, 9.17) is 17.3 Å². The van der Waals surface area contributed by atoms with Crippen LogP contribution in [0.5, 0.6) is 0 Å². The second kappa shape index (κ2) is 6.00. The van der Waals surface area contributed by atoms with Crippen molar-refractivity contribution in [2.45, 2.75) is 31.7 Å². The number of benzene rings is 1. The maximum Gasteiger partial charge on any atom is 0.128 e. The van der Waals surface area contributed by atoms with Gasteiger partial charge < -0.3 is 11.1 Å². The lowest BCUT2D eigenvalue weighted by molar-refractivity contribution is 0.354. The summed E-state index contributed by atoms with van der Waals surface area (Å²) in [7, 11) is 0. The van der Waals surface area contributed by atoms with E-state index in [2.05, 4.69) is 5.32 Å². The zero-order valence-electron chi connectivity index (χ0n) is 11.6. The summed E-state index contributed by atoms with van der Waals surface area (Å²) in [6, 6.07) is 4.53. The van der Waals surface area contributed by atoms with Crippen LogP contribution in [0.1, 0.15) is 37.3 Å². The molecule has 3 N–H and O–H groups in total. The quantitative estimate of drug-likeness (QED) is 0.808. The first kappa shape index (κ1) is 14.3. The molecule has 2 aliphatic rings. The lowest BCUT2D eigenvalue weighted by atomic mass is 9.96. The fraction of sp³-hybridized carbons (Fsp3) is 0.625. The molecule has 1 aromatic carbocycles. The molecule has 2 aliphatic carbocycles. The van der Waals surface area contributed by atoms with Gasteiger partial charge in [-0.3, -0.25) is 0 Å². The van der Waals surface area contributed by atoms with Gasteiger partial charge >= 0.3 is 0 Å². The van der Waals surface area contributed by atoms with Gasteiger partial charge in [0, 0.05) is 23.2 Å². The van der Waals surface area contributed by atoms with Gasteiger partial charge in [0.1, 0.15) is 5.82 Å². The minimum atomic E-state index is -0.230. The third-order valence-electron chi connectivity index (χ3n) is 4.62. The first-order chi connectivity index (χ1) is 9.69. The fourth-order valence-electron chi connectivity index (χ4n) is 3.15. The molecule has 4 heteroatoms. The fourth-order valence-corrected chi connectivity index (χ4v) is 3.33. The van der Waals surface area contributed by atoms with Crippen molar-refractivity contribution < 1.29 is 4.39 Å². The Labute approximate surface area is 124 Å². The van der Waals surface area contributed by atoms with Crippen LogP contribution in [0.3, 0.4) is 0 Å². The maximum atomic E-state index is 13.9. The molecule has 2 nitrogen and oxygen atoms in total. The molecule has 0 bridgehead atoms. The van der Waals surface area contributed by atoms with Crippen LogP contribution in [0, 0.1) is 23.6 Å². The molecule has 0 spiro atoms. The van der Waals surface area contributed by atoms with Crippen LogP contribution >= 0.6 is 11.6 Å². The van der Waals surface area contributed by atoms with Crippen molar-refractivity contribution in [1.82, 2.24) is 5.32 Å². The molecule has 0 heterocycles. The Morgan fingerprint density at radius 2 is 1.90 bits per heavy atom. The van der Waals surface area contributed by atoms with Crippen LogP contribution in [0.25, 0.3) is 0 Å². The minimum absolute atomic E-state index is 0.145. The van der Waals surface area contributed by atoms with Crippen molar-refractivity contribution in [2.24, 2.45) is 23.5 Å². The van der Waals surface area contributed by atoms with Gasteiger partial charge in [-0.2, -0.15) is 0 Å². The first-order valence-corrected chi connectivity index (χ1v) is 7.95. The van der Waals surface area contributed by atoms with E-state index in [0.29, 0.717) is 17.1 Å². The zero-order chi connectivity index (χ0) is 14.1. The standard InChI is InChI=1S/C16H22ClFN2/c17-12-5-6-15(18)13(7-12)16(8-19)20-9-14(10-1-2-10)11-3-4-11/h5-7,10-11,14,16,20H,1-4,8-9,19H2. The van der Waals surface area contributed by atoms with E-state index < -0.39 is 0 Å². The molecule has 1 aromatic rings. The number of hydrogen-bond acceptors (Lipinski definition) is 2. The highest BCUT2D eigenvalue weighted by molar-refractivity contribution is 6.30. The Morgan fingerprint density at radius 1 is 1.25 bits per heavy atom. The largest absolute Gasteiger partial charge is 0.329 e. The molecule has 2 saturated carbocycles. The van der Waals surface area contributed by atoms with E-state index in [0.717, 1.165) is 24.3 Å². The van der Waals surface area contributed by atoms with Crippen LogP contribution in [-0.4, -0.2) is 13.1 Å². The van der Waals surface area contributed by atoms with E-state index >= 15 is 0 Å². The van der Waals surface area contributed by atoms with Crippen LogP contribution < -0.4 is 11.1 Å². The van der Waals surface area contributed by atoms with E-state index in [1.165, 1.54) is 31.7 Å². The summed E-state index contributed by atoms with van der Waals surface area (Å²) in [4.78, 5) is 0. The highest BCUT2D eigenvalue weighted by Gasteiger charge is 2.41. The van der Waals surface area contributed by atoms with Crippen molar-refractivity contribution in [2.75, 3.05) is 13.1 Å². The first-order valence-electron chi connectivity index (χ1n) is 7.57. The molecule has 0 saturated heterocycles. The van der Waals surface area contributed by atoms with Crippen LogP contribution in [-0.2, 0) is 0 Å². The molecule has 3 rings (SSSR count). The number of hydrogen-bond donors (Lipinski definition) is 2. The minimum Gasteiger partial charge on any atom is -0.329 e. The predicted octanol–water partition coefficient (Wildman–Crippen LogP) is 3.50. The summed E-state index contributed by atoms with van der Waals surface area (Å²) in [5.74, 6) is 2.30. The molecule has 2 fully saturated rings. The number of rotatable bonds is 7. The van der Waals surface area contributed by atoms with Gasteiger partial charge in [0.25, 0.3) is 0 Å². The summed E-state index contributed by atoms with van der Waals surface area (Å²) in [5, 5.41) is 4.03. The molecular formula is C16H22ClFN2. The third kappa shape index (κ3) is 3.33. The van der Waals surface area contributed by atoms with Crippen molar-refractivity contribution in [1.29, 1.82) is 0 Å². The van der Waals surface area contributed by atoms with E-state index in [1.54, 1.807) is 12.1 Å². The van der Waals surface area contributed by atoms with Crippen molar-refractivity contribution in [3.8, 4) is 0 Å². The Kier molecular flexibility index (Phi) is 4.29. The second-order valence-electron chi connectivity index (χ2n) is 6.20. The van der Waals surface area contributed by atoms with Crippen molar-refractivity contribution >= 4 is 11.6 Å². The average Bonchev–Trinajstić information content (AvgIpc) is 3.30. The predicted molar refractivity (Wildman–Crippen MR) is 80.1 cm³/mol. The van der Waals surface area contributed by atoms with Gasteiger partial charge in [-0.1, -0.05) is 11.6 Å². The van der Waals surface area contributed by atoms with Gasteiger partial charge in [-0.15, -0.1) is 0 Å². The molecule has 0 aliphatic heterocycles. The van der Waals surface area contributed by atoms with Gasteiger partial charge in [0.15, 0.2) is 0 Å². The van der Waals surface area contributed by atoms with Crippen LogP contribution in [0.15, 0.2) is 18.2 Å². The molecule has 0 amide bonds. The zero-order valence-corrected chi connectivity index (χ0v) is 12.4. The van der Waals surface area contributed by atoms with Crippen molar-refractivity contribution in [3.63, 3.8) is 0 Å². The Hall–Kier alpha value is -0.640. The normalized spacial score (nSPS) is 20.4. The van der Waals surface area contributed by atoms with Gasteiger partial charge in [-0.25, -0.2) is 4.39 Å². The smallest absolute Gasteiger partial charge is 0.128 e. The van der Waals surface area contributed by atoms with E-state index in [1.807, 2.05) is 0 Å². The van der Waals surface area contributed by atoms with Crippen LogP contribution in [0.2, 0.25) is 5.02 Å². The summed E-state index contributed by atoms with van der Waals surface area (Å²) >= 11 is 5.97. The SMILES string of the molecule is NCC(NCC(C1CC1)C1CC1)c1cc(Cl)ccc1F. The summed E-state index contributed by atoms with van der Waals surface area (Å²) in [6.45, 7) is 1.34.